The molecule has 6 heteroatoms. The van der Waals surface area contributed by atoms with Gasteiger partial charge in [-0.15, -0.1) is 11.3 Å². The fraction of sp³-hybridized carbons (Fsp3) is 0.182. The van der Waals surface area contributed by atoms with Crippen LogP contribution in [0.15, 0.2) is 48.5 Å². The van der Waals surface area contributed by atoms with E-state index in [0.717, 1.165) is 23.3 Å². The highest BCUT2D eigenvalue weighted by molar-refractivity contribution is 7.14. The van der Waals surface area contributed by atoms with Gasteiger partial charge in [0.05, 0.1) is 5.56 Å². The Labute approximate surface area is 165 Å². The van der Waals surface area contributed by atoms with Crippen LogP contribution in [0.2, 0.25) is 0 Å². The highest BCUT2D eigenvalue weighted by Gasteiger charge is 2.17. The fourth-order valence-electron chi connectivity index (χ4n) is 3.15. The molecule has 2 aromatic carbocycles. The number of carbonyl (C=O) groups is 2. The van der Waals surface area contributed by atoms with Crippen LogP contribution in [-0.4, -0.2) is 22.2 Å². The van der Waals surface area contributed by atoms with Crippen molar-refractivity contribution in [2.45, 2.75) is 26.2 Å². The molecule has 0 spiro atoms. The monoisotopic (exact) mass is 398 g/mol. The van der Waals surface area contributed by atoms with Crippen LogP contribution in [0.5, 0.6) is 0 Å². The first-order valence-corrected chi connectivity index (χ1v) is 9.68. The molecule has 4 nitrogen and oxygen atoms in total. The SMILES string of the molecule is CCCc1cc(C(=O)O)sc1Cc1ccc(-c2ccccc2C(=O)O)cc1F. The first-order valence-electron chi connectivity index (χ1n) is 8.86. The van der Waals surface area contributed by atoms with Gasteiger partial charge in [-0.05, 0) is 46.9 Å². The van der Waals surface area contributed by atoms with Crippen molar-refractivity contribution in [3.63, 3.8) is 0 Å². The van der Waals surface area contributed by atoms with Gasteiger partial charge in [0.15, 0.2) is 0 Å². The Bertz CT molecular complexity index is 1040. The average molecular weight is 398 g/mol. The van der Waals surface area contributed by atoms with Gasteiger partial charge in [-0.1, -0.05) is 43.7 Å². The number of thiophene rings is 1. The lowest BCUT2D eigenvalue weighted by Gasteiger charge is -2.09. The Morgan fingerprint density at radius 3 is 2.39 bits per heavy atom. The summed E-state index contributed by atoms with van der Waals surface area (Å²) in [6.45, 7) is 2.01. The van der Waals surface area contributed by atoms with Crippen molar-refractivity contribution < 1.29 is 24.2 Å². The molecule has 0 atom stereocenters. The second-order valence-electron chi connectivity index (χ2n) is 6.45. The lowest BCUT2D eigenvalue weighted by molar-refractivity contribution is 0.0689. The molecule has 0 unspecified atom stereocenters. The van der Waals surface area contributed by atoms with E-state index < -0.39 is 17.8 Å². The predicted octanol–water partition coefficient (Wildman–Crippen LogP) is 5.49. The van der Waals surface area contributed by atoms with Gasteiger partial charge in [-0.3, -0.25) is 0 Å². The van der Waals surface area contributed by atoms with E-state index >= 15 is 0 Å². The van der Waals surface area contributed by atoms with Crippen LogP contribution in [0.1, 0.15) is 49.4 Å². The molecule has 3 aromatic rings. The second kappa shape index (κ2) is 8.35. The maximum absolute atomic E-state index is 14.8. The highest BCUT2D eigenvalue weighted by atomic mass is 32.1. The topological polar surface area (TPSA) is 74.6 Å². The van der Waals surface area contributed by atoms with Gasteiger partial charge in [-0.2, -0.15) is 0 Å². The number of carboxylic acids is 2. The third kappa shape index (κ3) is 4.12. The molecule has 0 aliphatic carbocycles. The van der Waals surface area contributed by atoms with Crippen molar-refractivity contribution in [1.82, 2.24) is 0 Å². The van der Waals surface area contributed by atoms with Gasteiger partial charge in [0, 0.05) is 11.3 Å². The van der Waals surface area contributed by atoms with Gasteiger partial charge in [0.1, 0.15) is 10.7 Å². The molecule has 0 saturated carbocycles. The average Bonchev–Trinajstić information content (AvgIpc) is 3.06. The van der Waals surface area contributed by atoms with Gasteiger partial charge < -0.3 is 10.2 Å². The van der Waals surface area contributed by atoms with Crippen molar-refractivity contribution in [2.75, 3.05) is 0 Å². The molecule has 0 aliphatic heterocycles. The minimum Gasteiger partial charge on any atom is -0.478 e. The molecule has 28 heavy (non-hydrogen) atoms. The van der Waals surface area contributed by atoms with Crippen LogP contribution in [0.25, 0.3) is 11.1 Å². The second-order valence-corrected chi connectivity index (χ2v) is 7.58. The number of hydrogen-bond donors (Lipinski definition) is 2. The van der Waals surface area contributed by atoms with E-state index in [0.29, 0.717) is 23.1 Å². The van der Waals surface area contributed by atoms with E-state index in [9.17, 15) is 24.2 Å². The molecular formula is C22H19FO4S. The zero-order valence-corrected chi connectivity index (χ0v) is 16.1. The number of aryl methyl sites for hydroxylation is 1. The highest BCUT2D eigenvalue weighted by Crippen LogP contribution is 2.30. The first-order chi connectivity index (χ1) is 13.4. The molecule has 1 heterocycles. The zero-order chi connectivity index (χ0) is 20.3. The molecule has 0 radical (unpaired) electrons. The van der Waals surface area contributed by atoms with E-state index in [2.05, 4.69) is 0 Å². The van der Waals surface area contributed by atoms with E-state index in [1.807, 2.05) is 6.92 Å². The van der Waals surface area contributed by atoms with Crippen LogP contribution in [0, 0.1) is 5.82 Å². The van der Waals surface area contributed by atoms with Crippen molar-refractivity contribution in [3.05, 3.63) is 80.8 Å². The predicted molar refractivity (Wildman–Crippen MR) is 107 cm³/mol. The summed E-state index contributed by atoms with van der Waals surface area (Å²) in [5.74, 6) is -2.48. The van der Waals surface area contributed by atoms with E-state index in [1.165, 1.54) is 23.5 Å². The van der Waals surface area contributed by atoms with Crippen LogP contribution in [-0.2, 0) is 12.8 Å². The standard InChI is InChI=1S/C22H19FO4S/c1-2-5-15-12-20(22(26)27)28-19(15)11-14-9-8-13(10-18(14)23)16-6-3-4-7-17(16)21(24)25/h3-4,6-10,12H,2,5,11H2,1H3,(H,24,25)(H,26,27). The van der Waals surface area contributed by atoms with E-state index in [4.69, 9.17) is 0 Å². The van der Waals surface area contributed by atoms with Crippen LogP contribution in [0.4, 0.5) is 4.39 Å². The van der Waals surface area contributed by atoms with Crippen LogP contribution in [0.3, 0.4) is 0 Å². The Kier molecular flexibility index (Phi) is 5.90. The molecule has 0 aliphatic rings. The van der Waals surface area contributed by atoms with E-state index in [1.54, 1.807) is 36.4 Å². The molecule has 0 amide bonds. The van der Waals surface area contributed by atoms with Crippen molar-refractivity contribution >= 4 is 23.3 Å². The summed E-state index contributed by atoms with van der Waals surface area (Å²) < 4.78 is 14.8. The molecular weight excluding hydrogens is 379 g/mol. The Balaban J connectivity index is 1.94. The van der Waals surface area contributed by atoms with Crippen LogP contribution < -0.4 is 0 Å². The summed E-state index contributed by atoms with van der Waals surface area (Å²) in [5.41, 5.74) is 2.45. The summed E-state index contributed by atoms with van der Waals surface area (Å²) in [6, 6.07) is 12.8. The lowest BCUT2D eigenvalue weighted by atomic mass is 9.97. The van der Waals surface area contributed by atoms with Crippen molar-refractivity contribution in [2.24, 2.45) is 0 Å². The molecule has 144 valence electrons. The minimum absolute atomic E-state index is 0.115. The molecule has 2 N–H and O–H groups in total. The summed E-state index contributed by atoms with van der Waals surface area (Å²) >= 11 is 1.17. The number of halogens is 1. The fourth-order valence-corrected chi connectivity index (χ4v) is 4.23. The van der Waals surface area contributed by atoms with Crippen molar-refractivity contribution in [3.8, 4) is 11.1 Å². The number of carboxylic acid groups (broad SMARTS) is 2. The summed E-state index contributed by atoms with van der Waals surface area (Å²) in [6.07, 6.45) is 1.92. The summed E-state index contributed by atoms with van der Waals surface area (Å²) in [5, 5.41) is 18.6. The van der Waals surface area contributed by atoms with Gasteiger partial charge in [-0.25, -0.2) is 14.0 Å². The molecule has 0 fully saturated rings. The molecule has 3 rings (SSSR count). The van der Waals surface area contributed by atoms with Gasteiger partial charge in [0.2, 0.25) is 0 Å². The molecule has 0 saturated heterocycles. The molecule has 1 aromatic heterocycles. The Morgan fingerprint density at radius 2 is 1.75 bits per heavy atom. The minimum atomic E-state index is -1.07. The van der Waals surface area contributed by atoms with E-state index in [-0.39, 0.29) is 10.4 Å². The van der Waals surface area contributed by atoms with Gasteiger partial charge >= 0.3 is 11.9 Å². The maximum atomic E-state index is 14.8. The smallest absolute Gasteiger partial charge is 0.345 e. The van der Waals surface area contributed by atoms with Gasteiger partial charge in [0.25, 0.3) is 0 Å². The quantitative estimate of drug-likeness (QED) is 0.552. The number of benzene rings is 2. The lowest BCUT2D eigenvalue weighted by Crippen LogP contribution is -2.00. The summed E-state index contributed by atoms with van der Waals surface area (Å²) in [4.78, 5) is 23.8. The third-order valence-corrected chi connectivity index (χ3v) is 5.66. The normalized spacial score (nSPS) is 10.8. The third-order valence-electron chi connectivity index (χ3n) is 4.50. The summed E-state index contributed by atoms with van der Waals surface area (Å²) in [7, 11) is 0. The zero-order valence-electron chi connectivity index (χ0n) is 15.2. The number of hydrogen-bond acceptors (Lipinski definition) is 3. The number of rotatable bonds is 7. The van der Waals surface area contributed by atoms with Crippen molar-refractivity contribution in [1.29, 1.82) is 0 Å². The first kappa shape index (κ1) is 19.8. The van der Waals surface area contributed by atoms with Crippen LogP contribution >= 0.6 is 11.3 Å². The Hall–Kier alpha value is -2.99. The largest absolute Gasteiger partial charge is 0.478 e. The maximum Gasteiger partial charge on any atom is 0.345 e. The Morgan fingerprint density at radius 1 is 1.00 bits per heavy atom. The molecule has 0 bridgehead atoms. The number of aromatic carboxylic acids is 2.